The smallest absolute Gasteiger partial charge is 0.222 e. The van der Waals surface area contributed by atoms with Gasteiger partial charge in [-0.2, -0.15) is 0 Å². The zero-order chi connectivity index (χ0) is 20.3. The molecule has 5 aliphatic rings. The predicted molar refractivity (Wildman–Crippen MR) is 110 cm³/mol. The number of ether oxygens (including phenoxy) is 1. The number of fused-ring (bicyclic) bond motifs is 1. The second kappa shape index (κ2) is 6.43. The van der Waals surface area contributed by atoms with Crippen LogP contribution in [0.25, 0.3) is 0 Å². The van der Waals surface area contributed by atoms with Crippen molar-refractivity contribution in [2.45, 2.75) is 50.7 Å². The average Bonchev–Trinajstić information content (AvgIpc) is 3.17. The molecule has 1 saturated heterocycles. The van der Waals surface area contributed by atoms with Gasteiger partial charge >= 0.3 is 0 Å². The molecular weight excluding hydrogens is 390 g/mol. The van der Waals surface area contributed by atoms with Gasteiger partial charge in [0.2, 0.25) is 21.7 Å². The van der Waals surface area contributed by atoms with Crippen molar-refractivity contribution in [3.63, 3.8) is 0 Å². The van der Waals surface area contributed by atoms with E-state index in [-0.39, 0.29) is 17.9 Å². The zero-order valence-electron chi connectivity index (χ0n) is 16.6. The summed E-state index contributed by atoms with van der Waals surface area (Å²) < 4.78 is 32.2. The van der Waals surface area contributed by atoms with E-state index >= 15 is 0 Å². The van der Waals surface area contributed by atoms with Gasteiger partial charge in [0.1, 0.15) is 5.76 Å². The van der Waals surface area contributed by atoms with Gasteiger partial charge in [-0.05, 0) is 37.7 Å². The molecule has 0 aromatic heterocycles. The van der Waals surface area contributed by atoms with E-state index in [1.807, 2.05) is 0 Å². The highest BCUT2D eigenvalue weighted by atomic mass is 32.2. The SMILES string of the molecule is CS(=O)(=O)NCCN1C(=N)N=C[C@]12CC13CCCCC1=CN1C=CCCC1=C3O2. The molecule has 9 heteroatoms. The van der Waals surface area contributed by atoms with Crippen LogP contribution < -0.4 is 4.72 Å². The van der Waals surface area contributed by atoms with Crippen LogP contribution in [0, 0.1) is 10.8 Å². The number of hydrogen-bond acceptors (Lipinski definition) is 5. The lowest BCUT2D eigenvalue weighted by Crippen LogP contribution is -2.51. The number of hydrogen-bond donors (Lipinski definition) is 2. The van der Waals surface area contributed by atoms with Crippen molar-refractivity contribution in [3.05, 3.63) is 35.5 Å². The molecule has 8 nitrogen and oxygen atoms in total. The molecule has 4 aliphatic heterocycles. The number of nitrogens with one attached hydrogen (secondary N) is 2. The molecular formula is C20H27N5O3S. The van der Waals surface area contributed by atoms with Crippen LogP contribution in [-0.2, 0) is 14.8 Å². The summed E-state index contributed by atoms with van der Waals surface area (Å²) in [6, 6.07) is 0. The molecule has 1 saturated carbocycles. The molecule has 0 bridgehead atoms. The summed E-state index contributed by atoms with van der Waals surface area (Å²) in [6.45, 7) is 0.555. The summed E-state index contributed by atoms with van der Waals surface area (Å²) in [5, 5.41) is 8.32. The molecule has 2 fully saturated rings. The largest absolute Gasteiger partial charge is 0.464 e. The Kier molecular flexibility index (Phi) is 4.19. The van der Waals surface area contributed by atoms with E-state index in [0.29, 0.717) is 6.54 Å². The minimum absolute atomic E-state index is 0.127. The maximum atomic E-state index is 11.5. The molecule has 1 aliphatic carbocycles. The van der Waals surface area contributed by atoms with Crippen LogP contribution in [0.15, 0.2) is 40.5 Å². The Balaban J connectivity index is 1.51. The van der Waals surface area contributed by atoms with Gasteiger partial charge in [0.05, 0.1) is 23.6 Å². The lowest BCUT2D eigenvalue weighted by molar-refractivity contribution is 0.00441. The van der Waals surface area contributed by atoms with Crippen LogP contribution in [0.1, 0.15) is 44.9 Å². The highest BCUT2D eigenvalue weighted by Gasteiger charge is 2.62. The standard InChI is InChI=1S/C20H27N5O3S/c1-29(26,27)23-9-11-25-18(21)22-14-20(25)13-19-8-4-2-6-15(19)12-24-10-5-3-7-16(24)17(19)28-20/h5,10,12,14,21,23H,2-4,6-9,11,13H2,1H3/t19?,20-/m1/s1. The molecule has 2 atom stereocenters. The first-order valence-electron chi connectivity index (χ1n) is 10.3. The minimum Gasteiger partial charge on any atom is -0.464 e. The van der Waals surface area contributed by atoms with Crippen LogP contribution in [0.4, 0.5) is 0 Å². The van der Waals surface area contributed by atoms with Gasteiger partial charge in [-0.25, -0.2) is 18.1 Å². The third-order valence-electron chi connectivity index (χ3n) is 6.67. The second-order valence-electron chi connectivity index (χ2n) is 8.57. The van der Waals surface area contributed by atoms with Gasteiger partial charge in [-0.15, -0.1) is 0 Å². The highest BCUT2D eigenvalue weighted by Crippen LogP contribution is 2.62. The molecule has 29 heavy (non-hydrogen) atoms. The third kappa shape index (κ3) is 2.93. The molecule has 0 radical (unpaired) electrons. The molecule has 156 valence electrons. The maximum absolute atomic E-state index is 11.5. The summed E-state index contributed by atoms with van der Waals surface area (Å²) in [5.74, 6) is 1.17. The number of rotatable bonds is 4. The summed E-state index contributed by atoms with van der Waals surface area (Å²) in [5.41, 5.74) is 1.68. The van der Waals surface area contributed by atoms with Crippen molar-refractivity contribution in [1.82, 2.24) is 14.5 Å². The molecule has 4 heterocycles. The normalized spacial score (nSPS) is 33.0. The summed E-state index contributed by atoms with van der Waals surface area (Å²) in [7, 11) is -3.29. The van der Waals surface area contributed by atoms with Crippen molar-refractivity contribution in [3.8, 4) is 0 Å². The Bertz CT molecular complexity index is 982. The molecule has 0 aromatic carbocycles. The van der Waals surface area contributed by atoms with Crippen molar-refractivity contribution < 1.29 is 13.2 Å². The van der Waals surface area contributed by atoms with E-state index in [9.17, 15) is 8.42 Å². The van der Waals surface area contributed by atoms with E-state index in [4.69, 9.17) is 10.1 Å². The lowest BCUT2D eigenvalue weighted by Gasteiger charge is -2.42. The molecule has 1 unspecified atom stereocenters. The Labute approximate surface area is 171 Å². The Morgan fingerprint density at radius 3 is 3.03 bits per heavy atom. The zero-order valence-corrected chi connectivity index (χ0v) is 17.5. The average molecular weight is 418 g/mol. The molecule has 5 rings (SSSR count). The monoisotopic (exact) mass is 417 g/mol. The number of sulfonamides is 1. The molecule has 0 amide bonds. The van der Waals surface area contributed by atoms with E-state index in [2.05, 4.69) is 33.1 Å². The number of aliphatic imine (C=N–C) groups is 1. The quantitative estimate of drug-likeness (QED) is 0.731. The molecule has 2 N–H and O–H groups in total. The van der Waals surface area contributed by atoms with Gasteiger partial charge in [0.25, 0.3) is 0 Å². The van der Waals surface area contributed by atoms with Crippen molar-refractivity contribution in [2.24, 2.45) is 10.4 Å². The van der Waals surface area contributed by atoms with Gasteiger partial charge in [-0.1, -0.05) is 12.5 Å². The molecule has 0 aromatic rings. The predicted octanol–water partition coefficient (Wildman–Crippen LogP) is 2.25. The molecule has 2 spiro atoms. The van der Waals surface area contributed by atoms with Crippen molar-refractivity contribution >= 4 is 22.2 Å². The van der Waals surface area contributed by atoms with Gasteiger partial charge in [0.15, 0.2) is 0 Å². The summed E-state index contributed by atoms with van der Waals surface area (Å²) in [6.07, 6.45) is 16.6. The third-order valence-corrected chi connectivity index (χ3v) is 7.39. The first-order valence-corrected chi connectivity index (χ1v) is 12.2. The van der Waals surface area contributed by atoms with Crippen molar-refractivity contribution in [2.75, 3.05) is 19.3 Å². The van der Waals surface area contributed by atoms with E-state index in [1.54, 1.807) is 11.1 Å². The topological polar surface area (TPSA) is 98.1 Å². The fourth-order valence-corrected chi connectivity index (χ4v) is 5.90. The van der Waals surface area contributed by atoms with Crippen molar-refractivity contribution in [1.29, 1.82) is 5.41 Å². The van der Waals surface area contributed by atoms with Crippen LogP contribution in [0.5, 0.6) is 0 Å². The van der Waals surface area contributed by atoms with Gasteiger partial charge in [0, 0.05) is 31.9 Å². The number of guanidine groups is 1. The minimum atomic E-state index is -3.29. The van der Waals surface area contributed by atoms with Crippen LogP contribution in [-0.4, -0.2) is 55.5 Å². The highest BCUT2D eigenvalue weighted by molar-refractivity contribution is 7.88. The van der Waals surface area contributed by atoms with E-state index in [1.165, 1.54) is 17.7 Å². The second-order valence-corrected chi connectivity index (χ2v) is 10.4. The Morgan fingerprint density at radius 2 is 2.21 bits per heavy atom. The van der Waals surface area contributed by atoms with Gasteiger partial charge < -0.3 is 9.64 Å². The lowest BCUT2D eigenvalue weighted by atomic mass is 9.65. The first kappa shape index (κ1) is 18.9. The maximum Gasteiger partial charge on any atom is 0.222 e. The van der Waals surface area contributed by atoms with Crippen LogP contribution in [0.2, 0.25) is 0 Å². The van der Waals surface area contributed by atoms with Gasteiger partial charge in [-0.3, -0.25) is 10.3 Å². The van der Waals surface area contributed by atoms with Crippen LogP contribution in [0.3, 0.4) is 0 Å². The number of nitrogens with zero attached hydrogens (tertiary/aromatic N) is 3. The fourth-order valence-electron chi connectivity index (χ4n) is 5.44. The summed E-state index contributed by atoms with van der Waals surface area (Å²) >= 11 is 0. The first-order chi connectivity index (χ1) is 13.8. The summed E-state index contributed by atoms with van der Waals surface area (Å²) in [4.78, 5) is 8.30. The Morgan fingerprint density at radius 1 is 1.34 bits per heavy atom. The Hall–Kier alpha value is -2.13. The fraction of sp³-hybridized carbons (Fsp3) is 0.600. The van der Waals surface area contributed by atoms with E-state index in [0.717, 1.165) is 50.5 Å². The van der Waals surface area contributed by atoms with E-state index < -0.39 is 15.7 Å². The van der Waals surface area contributed by atoms with Crippen LogP contribution >= 0.6 is 0 Å². The number of allylic oxidation sites excluding steroid dienone is 3.